The highest BCUT2D eigenvalue weighted by Crippen LogP contribution is 2.32. The molecule has 0 radical (unpaired) electrons. The molecule has 3 rings (SSSR count). The number of piperidine rings is 1. The van der Waals surface area contributed by atoms with Crippen molar-refractivity contribution in [2.75, 3.05) is 20.2 Å². The number of hydrogen-bond donors (Lipinski definition) is 3. The van der Waals surface area contributed by atoms with Gasteiger partial charge in [0.05, 0.1) is 12.2 Å². The van der Waals surface area contributed by atoms with Crippen LogP contribution in [0.3, 0.4) is 0 Å². The van der Waals surface area contributed by atoms with Gasteiger partial charge in [0.15, 0.2) is 5.78 Å². The number of allylic oxidation sites excluding steroid dienone is 6. The number of primary amides is 1. The molecule has 2 aliphatic heterocycles. The fraction of sp³-hybridized carbons (Fsp3) is 0.740. The molecule has 2 saturated heterocycles. The summed E-state index contributed by atoms with van der Waals surface area (Å²) in [6, 6.07) is 0. The zero-order chi connectivity index (χ0) is 46.5. The van der Waals surface area contributed by atoms with E-state index in [1.165, 1.54) is 0 Å². The van der Waals surface area contributed by atoms with Crippen molar-refractivity contribution in [1.82, 2.24) is 4.90 Å². The number of nitrogens with zero attached hydrogens (tertiary/aromatic N) is 1. The molecule has 0 aromatic carbocycles. The number of nitrogens with two attached hydrogens (primary N) is 1. The maximum Gasteiger partial charge on any atom is 0.404 e. The van der Waals surface area contributed by atoms with Crippen LogP contribution in [0.5, 0.6) is 0 Å². The lowest BCUT2D eigenvalue weighted by Crippen LogP contribution is -2.49. The summed E-state index contributed by atoms with van der Waals surface area (Å²) < 4.78 is 22.7. The van der Waals surface area contributed by atoms with Crippen LogP contribution < -0.4 is 5.73 Å². The molecule has 3 aliphatic rings. The van der Waals surface area contributed by atoms with E-state index in [0.717, 1.165) is 82.6 Å². The topological polar surface area (TPSA) is 192 Å². The smallest absolute Gasteiger partial charge is 0.404 e. The lowest BCUT2D eigenvalue weighted by atomic mass is 9.87. The number of rotatable bonds is 25. The van der Waals surface area contributed by atoms with Gasteiger partial charge in [0.2, 0.25) is 5.78 Å². The molecule has 63 heavy (non-hydrogen) atoms. The zero-order valence-corrected chi connectivity index (χ0v) is 39.3. The van der Waals surface area contributed by atoms with Gasteiger partial charge in [-0.15, -0.1) is 0 Å². The maximum absolute atomic E-state index is 13.2. The van der Waals surface area contributed by atoms with Gasteiger partial charge >= 0.3 is 6.09 Å². The molecular weight excluding hydrogens is 805 g/mol. The predicted octanol–water partition coefficient (Wildman–Crippen LogP) is 7.90. The molecular formula is C50H80N2O11. The number of ether oxygens (including phenoxy) is 4. The molecule has 13 heteroatoms. The minimum absolute atomic E-state index is 0.0145. The Morgan fingerprint density at radius 2 is 1.57 bits per heavy atom. The van der Waals surface area contributed by atoms with Crippen LogP contribution in [0.15, 0.2) is 47.6 Å². The lowest BCUT2D eigenvalue weighted by Gasteiger charge is -2.36. The fourth-order valence-electron chi connectivity index (χ4n) is 9.44. The van der Waals surface area contributed by atoms with Crippen molar-refractivity contribution >= 4 is 30.0 Å². The van der Waals surface area contributed by atoms with E-state index in [9.17, 15) is 34.2 Å². The summed E-state index contributed by atoms with van der Waals surface area (Å²) in [4.78, 5) is 63.5. The standard InChI is InChI=1S/C50H80N2O11/c1-33(15-10-8-11-16-35(3)43(60-7)31-42-24-20-36(4)48(62-42)47(57)49(58)52-27-12-9-13-28-52)29-37(5)44(54)46(56)45(55)38(6)30-34(2)19-23-40(61-32-53)25-21-39-17-14-18-41(26-22-39)63-50(51)59/h8,10-11,15-16,30,32-34,36-37,39-43,45-46,48,55-56H,9,12-14,17-29,31H2,1-7H3,(H2,51,59)/b11-8+,15-10+,35-16+,38-30+/t33-,34+,36-,37-,39+,40+,41-,42?,43+,45-,46+,48?/m1/s1. The average Bonchev–Trinajstić information content (AvgIpc) is 3.49. The van der Waals surface area contributed by atoms with E-state index in [0.29, 0.717) is 56.7 Å². The number of likely N-dealkylation sites (tertiary alicyclic amines) is 1. The van der Waals surface area contributed by atoms with E-state index in [1.807, 2.05) is 64.2 Å². The average molecular weight is 885 g/mol. The molecule has 13 nitrogen and oxygen atoms in total. The van der Waals surface area contributed by atoms with Crippen molar-refractivity contribution in [3.8, 4) is 0 Å². The Morgan fingerprint density at radius 1 is 0.841 bits per heavy atom. The third-order valence-electron chi connectivity index (χ3n) is 13.4. The van der Waals surface area contributed by atoms with Gasteiger partial charge in [0.25, 0.3) is 12.4 Å². The number of carbonyl (C=O) groups excluding carboxylic acids is 5. The fourth-order valence-corrected chi connectivity index (χ4v) is 9.44. The van der Waals surface area contributed by atoms with Gasteiger partial charge in [-0.3, -0.25) is 19.2 Å². The molecule has 356 valence electrons. The van der Waals surface area contributed by atoms with E-state index in [4.69, 9.17) is 24.7 Å². The number of Topliss-reactive ketones (excluding diaryl/α,β-unsaturated/α-hetero) is 2. The molecule has 1 aliphatic carbocycles. The summed E-state index contributed by atoms with van der Waals surface area (Å²) in [5.74, 6) is -1.25. The Balaban J connectivity index is 1.42. The van der Waals surface area contributed by atoms with Crippen molar-refractivity contribution in [2.45, 2.75) is 187 Å². The molecule has 2 amide bonds. The van der Waals surface area contributed by atoms with Crippen molar-refractivity contribution in [1.29, 1.82) is 0 Å². The summed E-state index contributed by atoms with van der Waals surface area (Å²) in [7, 11) is 1.66. The third-order valence-corrected chi connectivity index (χ3v) is 13.4. The SMILES string of the molecule is CO[C@@H](CC1CC[C@@H](C)C(C(=O)C(=O)N2CCCCC2)O1)/C(C)=C/C=C/C=C/[C@@H](C)C[C@@H](C)C(=O)[C@H](O)[C@H](O)/C(C)=C/[C@@H](C)CC[C@@H](CC[C@@H]1CCC[C@@H](OC(N)=O)CC1)OC=O. The van der Waals surface area contributed by atoms with E-state index < -0.39 is 47.8 Å². The highest BCUT2D eigenvalue weighted by molar-refractivity contribution is 6.37. The minimum atomic E-state index is -1.55. The number of aliphatic hydroxyl groups excluding tert-OH is 2. The van der Waals surface area contributed by atoms with E-state index in [1.54, 1.807) is 25.9 Å². The Labute approximate surface area is 377 Å². The summed E-state index contributed by atoms with van der Waals surface area (Å²) in [6.07, 6.45) is 19.6. The van der Waals surface area contributed by atoms with Gasteiger partial charge in [0.1, 0.15) is 30.5 Å². The summed E-state index contributed by atoms with van der Waals surface area (Å²) >= 11 is 0. The highest BCUT2D eigenvalue weighted by atomic mass is 16.6. The second-order valence-corrected chi connectivity index (χ2v) is 18.8. The first-order valence-corrected chi connectivity index (χ1v) is 23.7. The van der Waals surface area contributed by atoms with Crippen LogP contribution >= 0.6 is 0 Å². The van der Waals surface area contributed by atoms with Crippen LogP contribution in [-0.4, -0.2) is 108 Å². The lowest BCUT2D eigenvalue weighted by molar-refractivity contribution is -0.161. The second-order valence-electron chi connectivity index (χ2n) is 18.8. The second kappa shape index (κ2) is 28.3. The molecule has 4 N–H and O–H groups in total. The van der Waals surface area contributed by atoms with Crippen LogP contribution in [0.2, 0.25) is 0 Å². The van der Waals surface area contributed by atoms with E-state index in [2.05, 4.69) is 0 Å². The molecule has 0 aromatic heterocycles. The molecule has 0 aromatic rings. The first kappa shape index (κ1) is 53.7. The summed E-state index contributed by atoms with van der Waals surface area (Å²) in [6.45, 7) is 13.2. The van der Waals surface area contributed by atoms with Gasteiger partial charge < -0.3 is 39.8 Å². The van der Waals surface area contributed by atoms with Crippen LogP contribution in [0.4, 0.5) is 4.79 Å². The minimum Gasteiger partial charge on any atom is -0.465 e. The quantitative estimate of drug-likeness (QED) is 0.0266. The number of amides is 2. The molecule has 1 saturated carbocycles. The molecule has 2 heterocycles. The Hall–Kier alpha value is -3.65. The van der Waals surface area contributed by atoms with Gasteiger partial charge in [-0.05, 0) is 139 Å². The highest BCUT2D eigenvalue weighted by Gasteiger charge is 2.39. The monoisotopic (exact) mass is 885 g/mol. The first-order chi connectivity index (χ1) is 30.0. The molecule has 2 unspecified atom stereocenters. The van der Waals surface area contributed by atoms with E-state index >= 15 is 0 Å². The number of hydrogen-bond acceptors (Lipinski definition) is 11. The van der Waals surface area contributed by atoms with Crippen molar-refractivity contribution in [3.05, 3.63) is 47.6 Å². The number of aliphatic hydroxyl groups is 2. The molecule has 0 spiro atoms. The Kier molecular flexibility index (Phi) is 24.1. The van der Waals surface area contributed by atoms with Crippen LogP contribution in [0.1, 0.15) is 144 Å². The van der Waals surface area contributed by atoms with Crippen molar-refractivity contribution in [3.63, 3.8) is 0 Å². The van der Waals surface area contributed by atoms with Gasteiger partial charge in [-0.1, -0.05) is 70.6 Å². The zero-order valence-electron chi connectivity index (χ0n) is 39.3. The van der Waals surface area contributed by atoms with Crippen LogP contribution in [0, 0.1) is 29.6 Å². The van der Waals surface area contributed by atoms with Gasteiger partial charge in [-0.2, -0.15) is 0 Å². The summed E-state index contributed by atoms with van der Waals surface area (Å²) in [5, 5.41) is 21.8. The van der Waals surface area contributed by atoms with Gasteiger partial charge in [-0.25, -0.2) is 4.79 Å². The predicted molar refractivity (Wildman–Crippen MR) is 243 cm³/mol. The van der Waals surface area contributed by atoms with Crippen LogP contribution in [-0.2, 0) is 38.1 Å². The first-order valence-electron chi connectivity index (χ1n) is 23.7. The van der Waals surface area contributed by atoms with Crippen molar-refractivity contribution in [2.24, 2.45) is 35.3 Å². The largest absolute Gasteiger partial charge is 0.465 e. The number of carbonyl (C=O) groups is 5. The van der Waals surface area contributed by atoms with Gasteiger partial charge in [0, 0.05) is 32.5 Å². The molecule has 0 bridgehead atoms. The molecule has 3 fully saturated rings. The number of ketones is 2. The molecule has 12 atom stereocenters. The Morgan fingerprint density at radius 3 is 2.25 bits per heavy atom. The Bertz CT molecular complexity index is 1570. The summed E-state index contributed by atoms with van der Waals surface area (Å²) in [5.41, 5.74) is 6.72. The normalized spacial score (nSPS) is 26.2. The maximum atomic E-state index is 13.2. The van der Waals surface area contributed by atoms with Crippen molar-refractivity contribution < 1.29 is 53.1 Å². The number of methoxy groups -OCH3 is 1. The third kappa shape index (κ3) is 18.8. The van der Waals surface area contributed by atoms with E-state index in [-0.39, 0.29) is 42.2 Å². The van der Waals surface area contributed by atoms with Crippen LogP contribution in [0.25, 0.3) is 0 Å².